The maximum Gasteiger partial charge on any atom is 0.271 e. The summed E-state index contributed by atoms with van der Waals surface area (Å²) in [7, 11) is 0. The van der Waals surface area contributed by atoms with Crippen molar-refractivity contribution in [1.29, 1.82) is 0 Å². The highest BCUT2D eigenvalue weighted by Crippen LogP contribution is 2.13. The third-order valence-corrected chi connectivity index (χ3v) is 2.02. The van der Waals surface area contributed by atoms with Crippen molar-refractivity contribution in [2.75, 3.05) is 0 Å². The summed E-state index contributed by atoms with van der Waals surface area (Å²) in [6.45, 7) is 0. The van der Waals surface area contributed by atoms with Crippen molar-refractivity contribution < 1.29 is 0 Å². The molecule has 0 radical (unpaired) electrons. The van der Waals surface area contributed by atoms with Gasteiger partial charge in [0.25, 0.3) is 5.78 Å². The summed E-state index contributed by atoms with van der Waals surface area (Å²) < 4.78 is 1.68. The number of aromatic amines is 1. The quantitative estimate of drug-likeness (QED) is 0.618. The van der Waals surface area contributed by atoms with E-state index in [1.807, 2.05) is 30.3 Å². The molecule has 0 aliphatic rings. The van der Waals surface area contributed by atoms with Crippen LogP contribution in [0, 0.1) is 0 Å². The Balaban J connectivity index is 2.19. The van der Waals surface area contributed by atoms with Gasteiger partial charge in [0.15, 0.2) is 5.82 Å². The van der Waals surface area contributed by atoms with Gasteiger partial charge in [-0.2, -0.15) is 4.98 Å². The van der Waals surface area contributed by atoms with Gasteiger partial charge in [-0.15, -0.1) is 10.2 Å². The smallest absolute Gasteiger partial charge is 0.271 e. The van der Waals surface area contributed by atoms with E-state index in [1.165, 1.54) is 0 Å². The van der Waals surface area contributed by atoms with Gasteiger partial charge in [0.1, 0.15) is 6.33 Å². The Morgan fingerprint density at radius 3 is 2.79 bits per heavy atom. The number of nitrogens with one attached hydrogen (secondary N) is 1. The molecular formula is C9H7N5. The number of H-pyrrole nitrogens is 1. The number of aromatic nitrogens is 5. The first-order valence-corrected chi connectivity index (χ1v) is 4.25. The van der Waals surface area contributed by atoms with E-state index in [0.717, 1.165) is 11.4 Å². The van der Waals surface area contributed by atoms with Crippen molar-refractivity contribution in [2.45, 2.75) is 0 Å². The second-order valence-electron chi connectivity index (χ2n) is 2.94. The Morgan fingerprint density at radius 1 is 1.14 bits per heavy atom. The standard InChI is InChI=1S/C9H7N5/c1-2-4-7(5-3-1)8-11-9-12-10-6-14(9)13-8/h1-6H,(H,11,12,13). The average Bonchev–Trinajstić information content (AvgIpc) is 2.78. The first kappa shape index (κ1) is 7.25. The number of hydrogen-bond acceptors (Lipinski definition) is 3. The SMILES string of the molecule is c1ccc(-c2nc3nncn3[nH]2)cc1. The summed E-state index contributed by atoms with van der Waals surface area (Å²) in [5.74, 6) is 1.39. The van der Waals surface area contributed by atoms with E-state index in [-0.39, 0.29) is 0 Å². The van der Waals surface area contributed by atoms with Crippen LogP contribution in [0.25, 0.3) is 17.2 Å². The van der Waals surface area contributed by atoms with E-state index < -0.39 is 0 Å². The molecule has 5 heteroatoms. The van der Waals surface area contributed by atoms with Crippen LogP contribution in [0.5, 0.6) is 0 Å². The van der Waals surface area contributed by atoms with E-state index in [2.05, 4.69) is 20.3 Å². The predicted octanol–water partition coefficient (Wildman–Crippen LogP) is 1.12. The summed E-state index contributed by atoms with van der Waals surface area (Å²) >= 11 is 0. The maximum absolute atomic E-state index is 4.28. The fourth-order valence-electron chi connectivity index (χ4n) is 1.35. The van der Waals surface area contributed by atoms with Crippen molar-refractivity contribution in [3.8, 4) is 11.4 Å². The number of nitrogens with zero attached hydrogens (tertiary/aromatic N) is 4. The van der Waals surface area contributed by atoms with Crippen LogP contribution in [-0.2, 0) is 0 Å². The van der Waals surface area contributed by atoms with Crippen LogP contribution in [0.15, 0.2) is 36.7 Å². The molecule has 3 rings (SSSR count). The molecule has 0 saturated heterocycles. The summed E-state index contributed by atoms with van der Waals surface area (Å²) in [5, 5.41) is 10.6. The predicted molar refractivity (Wildman–Crippen MR) is 50.6 cm³/mol. The lowest BCUT2D eigenvalue weighted by atomic mass is 10.2. The minimum absolute atomic E-state index is 0.587. The lowest BCUT2D eigenvalue weighted by Crippen LogP contribution is -1.82. The number of benzene rings is 1. The third kappa shape index (κ3) is 0.990. The summed E-state index contributed by atoms with van der Waals surface area (Å²) in [5.41, 5.74) is 1.04. The zero-order valence-electron chi connectivity index (χ0n) is 7.25. The van der Waals surface area contributed by atoms with Gasteiger partial charge in [-0.3, -0.25) is 5.10 Å². The second-order valence-corrected chi connectivity index (χ2v) is 2.94. The molecule has 0 spiro atoms. The molecule has 0 amide bonds. The molecule has 0 bridgehead atoms. The van der Waals surface area contributed by atoms with Crippen LogP contribution in [0.3, 0.4) is 0 Å². The van der Waals surface area contributed by atoms with E-state index in [0.29, 0.717) is 5.78 Å². The van der Waals surface area contributed by atoms with Crippen LogP contribution >= 0.6 is 0 Å². The molecule has 1 aromatic carbocycles. The molecule has 0 atom stereocenters. The molecule has 2 heterocycles. The van der Waals surface area contributed by atoms with Gasteiger partial charge in [-0.25, -0.2) is 4.52 Å². The molecular weight excluding hydrogens is 178 g/mol. The zero-order valence-corrected chi connectivity index (χ0v) is 7.25. The fraction of sp³-hybridized carbons (Fsp3) is 0. The normalized spacial score (nSPS) is 10.9. The molecule has 0 aliphatic heterocycles. The molecule has 68 valence electrons. The Hall–Kier alpha value is -2.17. The maximum atomic E-state index is 4.28. The molecule has 0 aliphatic carbocycles. The van der Waals surface area contributed by atoms with Crippen molar-refractivity contribution in [1.82, 2.24) is 24.8 Å². The molecule has 2 aromatic heterocycles. The molecule has 0 saturated carbocycles. The van der Waals surface area contributed by atoms with Crippen LogP contribution in [0.1, 0.15) is 0 Å². The van der Waals surface area contributed by atoms with Crippen LogP contribution in [0.4, 0.5) is 0 Å². The van der Waals surface area contributed by atoms with E-state index >= 15 is 0 Å². The minimum atomic E-state index is 0.587. The lowest BCUT2D eigenvalue weighted by molar-refractivity contribution is 0.958. The number of hydrogen-bond donors (Lipinski definition) is 1. The average molecular weight is 185 g/mol. The summed E-state index contributed by atoms with van der Waals surface area (Å²) in [6.07, 6.45) is 1.59. The monoisotopic (exact) mass is 185 g/mol. The number of fused-ring (bicyclic) bond motifs is 1. The highest BCUT2D eigenvalue weighted by Gasteiger charge is 2.04. The Labute approximate surface area is 79.4 Å². The highest BCUT2D eigenvalue weighted by molar-refractivity contribution is 5.56. The molecule has 0 unspecified atom stereocenters. The number of rotatable bonds is 1. The lowest BCUT2D eigenvalue weighted by Gasteiger charge is -1.92. The summed E-state index contributed by atoms with van der Waals surface area (Å²) in [6, 6.07) is 9.90. The van der Waals surface area contributed by atoms with Crippen LogP contribution in [-0.4, -0.2) is 24.8 Å². The van der Waals surface area contributed by atoms with Crippen molar-refractivity contribution in [2.24, 2.45) is 0 Å². The largest absolute Gasteiger partial charge is 0.273 e. The first-order chi connectivity index (χ1) is 6.93. The van der Waals surface area contributed by atoms with Crippen LogP contribution < -0.4 is 0 Å². The second kappa shape index (κ2) is 2.66. The van der Waals surface area contributed by atoms with Gasteiger partial charge in [0.05, 0.1) is 0 Å². The zero-order chi connectivity index (χ0) is 9.38. The van der Waals surface area contributed by atoms with Gasteiger partial charge < -0.3 is 0 Å². The van der Waals surface area contributed by atoms with Crippen molar-refractivity contribution in [3.05, 3.63) is 36.7 Å². The van der Waals surface area contributed by atoms with Gasteiger partial charge in [0.2, 0.25) is 0 Å². The topological polar surface area (TPSA) is 58.9 Å². The molecule has 5 nitrogen and oxygen atoms in total. The molecule has 1 N–H and O–H groups in total. The summed E-state index contributed by atoms with van der Waals surface area (Å²) in [4.78, 5) is 4.28. The van der Waals surface area contributed by atoms with Gasteiger partial charge in [-0.05, 0) is 0 Å². The van der Waals surface area contributed by atoms with E-state index in [4.69, 9.17) is 0 Å². The Bertz CT molecular complexity index is 522. The van der Waals surface area contributed by atoms with E-state index in [9.17, 15) is 0 Å². The van der Waals surface area contributed by atoms with Gasteiger partial charge in [-0.1, -0.05) is 30.3 Å². The molecule has 0 fully saturated rings. The van der Waals surface area contributed by atoms with Crippen molar-refractivity contribution in [3.63, 3.8) is 0 Å². The van der Waals surface area contributed by atoms with Crippen molar-refractivity contribution >= 4 is 5.78 Å². The van der Waals surface area contributed by atoms with Gasteiger partial charge >= 0.3 is 0 Å². The van der Waals surface area contributed by atoms with Gasteiger partial charge in [0, 0.05) is 5.56 Å². The fourth-order valence-corrected chi connectivity index (χ4v) is 1.35. The first-order valence-electron chi connectivity index (χ1n) is 4.25. The van der Waals surface area contributed by atoms with Crippen LogP contribution in [0.2, 0.25) is 0 Å². The third-order valence-electron chi connectivity index (χ3n) is 2.02. The van der Waals surface area contributed by atoms with E-state index in [1.54, 1.807) is 10.8 Å². The Morgan fingerprint density at radius 2 is 2.00 bits per heavy atom. The highest BCUT2D eigenvalue weighted by atomic mass is 15.4. The minimum Gasteiger partial charge on any atom is -0.273 e. The molecule has 14 heavy (non-hydrogen) atoms. The molecule has 3 aromatic rings. The Kier molecular flexibility index (Phi) is 1.38.